The molecule has 19 heavy (non-hydrogen) atoms. The number of fused-ring (bicyclic) bond motifs is 1. The van der Waals surface area contributed by atoms with Gasteiger partial charge in [-0.3, -0.25) is 14.4 Å². The van der Waals surface area contributed by atoms with E-state index in [2.05, 4.69) is 9.47 Å². The number of carbonyl (C=O) groups excluding carboxylic acids is 3. The lowest BCUT2D eigenvalue weighted by Gasteiger charge is -2.34. The molecule has 8 heteroatoms. The summed E-state index contributed by atoms with van der Waals surface area (Å²) in [5.74, 6) is -1.20. The SMILES string of the molecule is COC(=O)CN1CCN2OC(C(=O)OC)CC2C1=O. The number of amides is 1. The Labute approximate surface area is 110 Å². The Morgan fingerprint density at radius 2 is 2.05 bits per heavy atom. The fraction of sp³-hybridized carbons (Fsp3) is 0.727. The van der Waals surface area contributed by atoms with Crippen molar-refractivity contribution in [3.8, 4) is 0 Å². The monoisotopic (exact) mass is 272 g/mol. The highest BCUT2D eigenvalue weighted by atomic mass is 16.7. The van der Waals surface area contributed by atoms with Crippen molar-refractivity contribution in [1.82, 2.24) is 9.96 Å². The molecule has 106 valence electrons. The van der Waals surface area contributed by atoms with Crippen LogP contribution in [0.5, 0.6) is 0 Å². The van der Waals surface area contributed by atoms with Gasteiger partial charge in [0.25, 0.3) is 0 Å². The van der Waals surface area contributed by atoms with Crippen LogP contribution >= 0.6 is 0 Å². The van der Waals surface area contributed by atoms with E-state index in [1.54, 1.807) is 0 Å². The molecule has 0 aromatic rings. The molecule has 1 amide bonds. The minimum absolute atomic E-state index is 0.0808. The van der Waals surface area contributed by atoms with Crippen LogP contribution < -0.4 is 0 Å². The first-order chi connectivity index (χ1) is 9.06. The van der Waals surface area contributed by atoms with Crippen molar-refractivity contribution >= 4 is 17.8 Å². The summed E-state index contributed by atoms with van der Waals surface area (Å²) in [6.45, 7) is 0.724. The van der Waals surface area contributed by atoms with Gasteiger partial charge in [0.05, 0.1) is 14.2 Å². The Hall–Kier alpha value is -1.67. The third kappa shape index (κ3) is 2.69. The second kappa shape index (κ2) is 5.54. The van der Waals surface area contributed by atoms with E-state index in [4.69, 9.17) is 4.84 Å². The molecule has 0 aromatic carbocycles. The molecule has 2 unspecified atom stereocenters. The third-order valence-electron chi connectivity index (χ3n) is 3.25. The van der Waals surface area contributed by atoms with Crippen molar-refractivity contribution in [2.24, 2.45) is 0 Å². The van der Waals surface area contributed by atoms with E-state index < -0.39 is 24.1 Å². The number of piperazine rings is 1. The van der Waals surface area contributed by atoms with Gasteiger partial charge in [0.2, 0.25) is 5.91 Å². The lowest BCUT2D eigenvalue weighted by Crippen LogP contribution is -2.55. The minimum atomic E-state index is -0.753. The third-order valence-corrected chi connectivity index (χ3v) is 3.25. The molecule has 2 rings (SSSR count). The van der Waals surface area contributed by atoms with Gasteiger partial charge < -0.3 is 14.4 Å². The molecule has 0 bridgehead atoms. The van der Waals surface area contributed by atoms with Gasteiger partial charge >= 0.3 is 11.9 Å². The van der Waals surface area contributed by atoms with Crippen molar-refractivity contribution in [1.29, 1.82) is 0 Å². The van der Waals surface area contributed by atoms with Crippen LogP contribution in [0.25, 0.3) is 0 Å². The highest BCUT2D eigenvalue weighted by Gasteiger charge is 2.46. The van der Waals surface area contributed by atoms with E-state index in [-0.39, 0.29) is 18.9 Å². The Balaban J connectivity index is 2.00. The van der Waals surface area contributed by atoms with Crippen LogP contribution in [0.4, 0.5) is 0 Å². The predicted molar refractivity (Wildman–Crippen MR) is 60.6 cm³/mol. The maximum Gasteiger partial charge on any atom is 0.337 e. The number of hydroxylamine groups is 2. The quantitative estimate of drug-likeness (QED) is 0.581. The highest BCUT2D eigenvalue weighted by molar-refractivity contribution is 5.87. The summed E-state index contributed by atoms with van der Waals surface area (Å²) in [6, 6.07) is -0.539. The standard InChI is InChI=1S/C11H16N2O6/c1-17-9(14)6-12-3-4-13-7(10(12)15)5-8(19-13)11(16)18-2/h7-8H,3-6H2,1-2H3. The maximum absolute atomic E-state index is 12.2. The number of methoxy groups -OCH3 is 2. The zero-order valence-electron chi connectivity index (χ0n) is 10.8. The molecule has 0 spiro atoms. The molecule has 2 atom stereocenters. The largest absolute Gasteiger partial charge is 0.468 e. The molecule has 0 radical (unpaired) electrons. The van der Waals surface area contributed by atoms with E-state index in [1.165, 1.54) is 24.2 Å². The van der Waals surface area contributed by atoms with Crippen molar-refractivity contribution in [2.45, 2.75) is 18.6 Å². The first kappa shape index (κ1) is 13.8. The summed E-state index contributed by atoms with van der Waals surface area (Å²) in [4.78, 5) is 41.5. The van der Waals surface area contributed by atoms with Crippen molar-refractivity contribution < 1.29 is 28.7 Å². The molecule has 2 aliphatic heterocycles. The first-order valence-corrected chi connectivity index (χ1v) is 5.93. The van der Waals surface area contributed by atoms with Gasteiger partial charge in [0, 0.05) is 19.5 Å². The van der Waals surface area contributed by atoms with Gasteiger partial charge in [0.1, 0.15) is 12.6 Å². The number of rotatable bonds is 3. The molecule has 0 aliphatic carbocycles. The first-order valence-electron chi connectivity index (χ1n) is 5.93. The lowest BCUT2D eigenvalue weighted by atomic mass is 10.1. The summed E-state index contributed by atoms with van der Waals surface area (Å²) < 4.78 is 9.13. The van der Waals surface area contributed by atoms with Crippen LogP contribution in [0.1, 0.15) is 6.42 Å². The van der Waals surface area contributed by atoms with Crippen LogP contribution in [0.3, 0.4) is 0 Å². The second-order valence-electron chi connectivity index (χ2n) is 4.35. The van der Waals surface area contributed by atoms with Gasteiger partial charge in [-0.25, -0.2) is 4.79 Å². The van der Waals surface area contributed by atoms with Crippen molar-refractivity contribution in [3.05, 3.63) is 0 Å². The van der Waals surface area contributed by atoms with Gasteiger partial charge in [-0.15, -0.1) is 0 Å². The van der Waals surface area contributed by atoms with Crippen molar-refractivity contribution in [2.75, 3.05) is 33.9 Å². The fourth-order valence-corrected chi connectivity index (χ4v) is 2.22. The van der Waals surface area contributed by atoms with Gasteiger partial charge in [-0.1, -0.05) is 0 Å². The Bertz CT molecular complexity index is 399. The normalized spacial score (nSPS) is 27.1. The summed E-state index contributed by atoms with van der Waals surface area (Å²) in [5, 5.41) is 1.48. The number of esters is 2. The Morgan fingerprint density at radius 3 is 2.68 bits per heavy atom. The predicted octanol–water partition coefficient (Wildman–Crippen LogP) is -1.45. The molecular formula is C11H16N2O6. The molecule has 2 saturated heterocycles. The number of hydrogen-bond acceptors (Lipinski definition) is 7. The average Bonchev–Trinajstić information content (AvgIpc) is 2.85. The van der Waals surface area contributed by atoms with Crippen LogP contribution in [0.2, 0.25) is 0 Å². The van der Waals surface area contributed by atoms with Gasteiger partial charge in [-0.2, -0.15) is 5.06 Å². The lowest BCUT2D eigenvalue weighted by molar-refractivity contribution is -0.199. The van der Waals surface area contributed by atoms with Crippen LogP contribution in [0, 0.1) is 0 Å². The van der Waals surface area contributed by atoms with E-state index in [9.17, 15) is 14.4 Å². The van der Waals surface area contributed by atoms with E-state index in [1.807, 2.05) is 0 Å². The topological polar surface area (TPSA) is 85.4 Å². The zero-order chi connectivity index (χ0) is 14.0. The van der Waals surface area contributed by atoms with Gasteiger partial charge in [0.15, 0.2) is 6.10 Å². The number of nitrogens with zero attached hydrogens (tertiary/aromatic N) is 2. The van der Waals surface area contributed by atoms with E-state index in [0.29, 0.717) is 13.1 Å². The molecule has 8 nitrogen and oxygen atoms in total. The summed E-state index contributed by atoms with van der Waals surface area (Å²) >= 11 is 0. The number of hydrogen-bond donors (Lipinski definition) is 0. The van der Waals surface area contributed by atoms with Gasteiger partial charge in [-0.05, 0) is 0 Å². The molecular weight excluding hydrogens is 256 g/mol. The van der Waals surface area contributed by atoms with Crippen molar-refractivity contribution in [3.63, 3.8) is 0 Å². The molecule has 0 N–H and O–H groups in total. The van der Waals surface area contributed by atoms with Crippen LogP contribution in [-0.4, -0.2) is 73.8 Å². The highest BCUT2D eigenvalue weighted by Crippen LogP contribution is 2.26. The summed E-state index contributed by atoms with van der Waals surface area (Å²) in [7, 11) is 2.55. The maximum atomic E-state index is 12.2. The smallest absolute Gasteiger partial charge is 0.337 e. The summed E-state index contributed by atoms with van der Waals surface area (Å²) in [5.41, 5.74) is 0. The Morgan fingerprint density at radius 1 is 1.32 bits per heavy atom. The molecule has 0 saturated carbocycles. The number of carbonyl (C=O) groups is 3. The van der Waals surface area contributed by atoms with E-state index >= 15 is 0 Å². The van der Waals surface area contributed by atoms with E-state index in [0.717, 1.165) is 0 Å². The minimum Gasteiger partial charge on any atom is -0.468 e. The zero-order valence-corrected chi connectivity index (χ0v) is 10.8. The molecule has 2 aliphatic rings. The fourth-order valence-electron chi connectivity index (χ4n) is 2.22. The Kier molecular flexibility index (Phi) is 4.01. The number of ether oxygens (including phenoxy) is 2. The van der Waals surface area contributed by atoms with Crippen LogP contribution in [-0.2, 0) is 28.7 Å². The second-order valence-corrected chi connectivity index (χ2v) is 4.35. The van der Waals surface area contributed by atoms with Crippen LogP contribution in [0.15, 0.2) is 0 Å². The molecule has 0 aromatic heterocycles. The average molecular weight is 272 g/mol. The molecule has 2 fully saturated rings. The molecule has 2 heterocycles. The summed E-state index contributed by atoms with van der Waals surface area (Å²) in [6.07, 6.45) is -0.513.